The second-order valence-electron chi connectivity index (χ2n) is 10.4. The number of benzene rings is 1. The predicted molar refractivity (Wildman–Crippen MR) is 153 cm³/mol. The molecule has 0 saturated heterocycles. The van der Waals surface area contributed by atoms with E-state index >= 15 is 0 Å². The Morgan fingerprint density at radius 3 is 2.51 bits per heavy atom. The van der Waals surface area contributed by atoms with Crippen molar-refractivity contribution in [1.29, 1.82) is 0 Å². The molecule has 2 heterocycles. The van der Waals surface area contributed by atoms with Crippen LogP contribution in [0.4, 0.5) is 9.59 Å². The van der Waals surface area contributed by atoms with E-state index in [0.717, 1.165) is 0 Å². The molecule has 0 fully saturated rings. The molecule has 1 atom stereocenters. The number of Topliss-reactive ketones (excluding diaryl/α,β-unsaturated/α-hetero) is 1. The van der Waals surface area contributed by atoms with Crippen LogP contribution in [-0.2, 0) is 32.0 Å². The lowest BCUT2D eigenvalue weighted by atomic mass is 10.0. The van der Waals surface area contributed by atoms with Crippen LogP contribution in [0.3, 0.4) is 0 Å². The summed E-state index contributed by atoms with van der Waals surface area (Å²) in [5, 5.41) is 2.51. The van der Waals surface area contributed by atoms with Gasteiger partial charge in [0.25, 0.3) is 5.56 Å². The lowest BCUT2D eigenvalue weighted by Crippen LogP contribution is -2.42. The Balaban J connectivity index is 1.86. The minimum absolute atomic E-state index is 0.0427. The fourth-order valence-corrected chi connectivity index (χ4v) is 4.11. The Kier molecular flexibility index (Phi) is 10.3. The first kappa shape index (κ1) is 31.0. The molecule has 0 aliphatic heterocycles. The van der Waals surface area contributed by atoms with Crippen LogP contribution in [-0.4, -0.2) is 56.6 Å². The molecule has 3 rings (SSSR count). The van der Waals surface area contributed by atoms with Gasteiger partial charge in [0.1, 0.15) is 11.4 Å². The number of amides is 1. The largest absolute Gasteiger partial charge is 0.453 e. The summed E-state index contributed by atoms with van der Waals surface area (Å²) in [4.78, 5) is 67.6. The number of ether oxygens (including phenoxy) is 2. The highest BCUT2D eigenvalue weighted by Gasteiger charge is 2.25. The average Bonchev–Trinajstić information content (AvgIpc) is 3.29. The maximum atomic E-state index is 13.4. The van der Waals surface area contributed by atoms with Gasteiger partial charge in [0, 0.05) is 24.6 Å². The number of fused-ring (bicyclic) bond motifs is 1. The number of carbonyl (C=O) groups excluding carboxylic acids is 4. The number of nitrogens with zero attached hydrogens (tertiary/aromatic N) is 3. The molecule has 0 radical (unpaired) electrons. The molecule has 0 aliphatic carbocycles. The molecular weight excluding hydrogens is 528 g/mol. The number of imidazole rings is 1. The van der Waals surface area contributed by atoms with Crippen molar-refractivity contribution in [2.75, 3.05) is 7.11 Å². The van der Waals surface area contributed by atoms with Crippen molar-refractivity contribution in [2.45, 2.75) is 71.6 Å². The number of rotatable bonds is 11. The van der Waals surface area contributed by atoms with Gasteiger partial charge >= 0.3 is 12.2 Å². The van der Waals surface area contributed by atoms with Gasteiger partial charge in [-0.05, 0) is 57.9 Å². The molecule has 3 aromatic rings. The molecule has 11 heteroatoms. The number of ketones is 2. The molecule has 0 saturated carbocycles. The maximum Gasteiger partial charge on any atom is 0.420 e. The van der Waals surface area contributed by atoms with E-state index < -0.39 is 29.4 Å². The monoisotopic (exact) mass is 564 g/mol. The van der Waals surface area contributed by atoms with Crippen LogP contribution < -0.4 is 10.9 Å². The summed E-state index contributed by atoms with van der Waals surface area (Å²) in [7, 11) is 1.19. The maximum absolute atomic E-state index is 13.4. The highest BCUT2D eigenvalue weighted by Crippen LogP contribution is 2.19. The van der Waals surface area contributed by atoms with Gasteiger partial charge in [-0.2, -0.15) is 0 Å². The summed E-state index contributed by atoms with van der Waals surface area (Å²) in [6, 6.07) is 9.34. The van der Waals surface area contributed by atoms with Crippen LogP contribution in [0.1, 0.15) is 58.3 Å². The third-order valence-corrected chi connectivity index (χ3v) is 6.12. The Morgan fingerprint density at radius 2 is 1.83 bits per heavy atom. The van der Waals surface area contributed by atoms with Gasteiger partial charge in [0.05, 0.1) is 30.7 Å². The van der Waals surface area contributed by atoms with Crippen molar-refractivity contribution in [3.63, 3.8) is 0 Å². The van der Waals surface area contributed by atoms with E-state index in [1.807, 2.05) is 0 Å². The van der Waals surface area contributed by atoms with Crippen molar-refractivity contribution in [3.8, 4) is 0 Å². The summed E-state index contributed by atoms with van der Waals surface area (Å²) in [6.07, 6.45) is 3.97. The van der Waals surface area contributed by atoms with Gasteiger partial charge in [0.2, 0.25) is 0 Å². The van der Waals surface area contributed by atoms with Crippen molar-refractivity contribution in [1.82, 2.24) is 19.4 Å². The van der Waals surface area contributed by atoms with Gasteiger partial charge in [-0.15, -0.1) is 0 Å². The third-order valence-electron chi connectivity index (χ3n) is 6.12. The fourth-order valence-electron chi connectivity index (χ4n) is 4.11. The van der Waals surface area contributed by atoms with Crippen molar-refractivity contribution >= 4 is 34.8 Å². The second kappa shape index (κ2) is 13.7. The van der Waals surface area contributed by atoms with E-state index in [-0.39, 0.29) is 36.5 Å². The van der Waals surface area contributed by atoms with Crippen LogP contribution in [0.5, 0.6) is 0 Å². The van der Waals surface area contributed by atoms with Crippen molar-refractivity contribution in [2.24, 2.45) is 0 Å². The molecule has 218 valence electrons. The highest BCUT2D eigenvalue weighted by atomic mass is 16.6. The molecule has 0 spiro atoms. The van der Waals surface area contributed by atoms with Gasteiger partial charge < -0.3 is 19.4 Å². The van der Waals surface area contributed by atoms with Crippen molar-refractivity contribution in [3.05, 3.63) is 76.5 Å². The Morgan fingerprint density at radius 1 is 1.10 bits per heavy atom. The molecule has 0 aliphatic rings. The van der Waals surface area contributed by atoms with Gasteiger partial charge in [0.15, 0.2) is 11.6 Å². The van der Waals surface area contributed by atoms with Crippen LogP contribution in [0.15, 0.2) is 59.5 Å². The third kappa shape index (κ3) is 8.47. The van der Waals surface area contributed by atoms with Crippen LogP contribution in [0.2, 0.25) is 0 Å². The second-order valence-corrected chi connectivity index (χ2v) is 10.4. The summed E-state index contributed by atoms with van der Waals surface area (Å²) in [5.74, 6) is -0.134. The summed E-state index contributed by atoms with van der Waals surface area (Å²) in [6.45, 7) is 6.99. The number of methoxy groups -OCH3 is 1. The number of hydrogen-bond acceptors (Lipinski definition) is 8. The quantitative estimate of drug-likeness (QED) is 0.342. The molecule has 1 aromatic carbocycles. The number of para-hydroxylation sites is 2. The summed E-state index contributed by atoms with van der Waals surface area (Å²) < 4.78 is 12.9. The minimum Gasteiger partial charge on any atom is -0.453 e. The van der Waals surface area contributed by atoms with Gasteiger partial charge in [-0.1, -0.05) is 31.2 Å². The zero-order valence-electron chi connectivity index (χ0n) is 24.0. The zero-order valence-corrected chi connectivity index (χ0v) is 24.0. The Bertz CT molecular complexity index is 1510. The first-order valence-electron chi connectivity index (χ1n) is 13.4. The number of hydrogen-bond donors (Lipinski definition) is 1. The van der Waals surface area contributed by atoms with Gasteiger partial charge in [-0.25, -0.2) is 19.1 Å². The first-order valence-corrected chi connectivity index (χ1v) is 13.4. The number of carbonyl (C=O) groups is 4. The first-order chi connectivity index (χ1) is 19.4. The van der Waals surface area contributed by atoms with E-state index in [1.54, 1.807) is 76.4 Å². The average molecular weight is 565 g/mol. The normalized spacial score (nSPS) is 12.3. The summed E-state index contributed by atoms with van der Waals surface area (Å²) in [5.41, 5.74) is 0.147. The van der Waals surface area contributed by atoms with Crippen LogP contribution >= 0.6 is 0 Å². The molecule has 1 N–H and O–H groups in total. The molecule has 1 amide bonds. The molecule has 0 unspecified atom stereocenters. The smallest absolute Gasteiger partial charge is 0.420 e. The molecule has 11 nitrogen and oxygen atoms in total. The lowest BCUT2D eigenvalue weighted by molar-refractivity contribution is -0.120. The molecule has 41 heavy (non-hydrogen) atoms. The zero-order chi connectivity index (χ0) is 30.2. The van der Waals surface area contributed by atoms with E-state index in [1.165, 1.54) is 22.3 Å². The minimum atomic E-state index is -0.923. The van der Waals surface area contributed by atoms with E-state index in [2.05, 4.69) is 15.0 Å². The van der Waals surface area contributed by atoms with Crippen LogP contribution in [0.25, 0.3) is 11.0 Å². The van der Waals surface area contributed by atoms with E-state index in [9.17, 15) is 24.0 Å². The van der Waals surface area contributed by atoms with E-state index in [4.69, 9.17) is 4.74 Å². The fraction of sp³-hybridized carbons (Fsp3) is 0.400. The predicted octanol–water partition coefficient (Wildman–Crippen LogP) is 4.18. The topological polar surface area (TPSA) is 139 Å². The molecule has 2 aromatic heterocycles. The van der Waals surface area contributed by atoms with Gasteiger partial charge in [-0.3, -0.25) is 14.4 Å². The van der Waals surface area contributed by atoms with Crippen LogP contribution in [0, 0.1) is 0 Å². The highest BCUT2D eigenvalue weighted by molar-refractivity contribution is 5.90. The van der Waals surface area contributed by atoms with Crippen molar-refractivity contribution < 1.29 is 28.7 Å². The Labute approximate surface area is 238 Å². The number of allylic oxidation sites excluding steroid dienone is 2. The molecular formula is C30H36N4O7. The summed E-state index contributed by atoms with van der Waals surface area (Å²) >= 11 is 0. The SMILES string of the molecule is CCC(=O)/C=C/CC[C@H](NC(=O)OC)C(=O)Cc1cccn(Cc2nc3ccccc3n2C(=O)OC(C)(C)C)c1=O. The lowest BCUT2D eigenvalue weighted by Gasteiger charge is -2.20. The van der Waals surface area contributed by atoms with E-state index in [0.29, 0.717) is 29.7 Å². The number of pyridine rings is 1. The number of aromatic nitrogens is 3. The standard InChI is InChI=1S/C30H36N4O7/c1-6-21(35)13-7-8-15-23(32-28(38)40-5)25(36)18-20-12-11-17-33(27(20)37)19-26-31-22-14-9-10-16-24(22)34(26)29(39)41-30(2,3)4/h7,9-14,16-17,23H,6,8,15,18-19H2,1-5H3,(H,32,38)/b13-7+/t23-/m0/s1. The molecule has 0 bridgehead atoms. The Hall–Kier alpha value is -4.54. The number of alkyl carbamates (subject to hydrolysis) is 1. The number of nitrogens with one attached hydrogen (secondary N) is 1.